The van der Waals surface area contributed by atoms with Crippen molar-refractivity contribution in [1.29, 1.82) is 0 Å². The van der Waals surface area contributed by atoms with Gasteiger partial charge in [-0.1, -0.05) is 0 Å². The number of pyridine rings is 1. The summed E-state index contributed by atoms with van der Waals surface area (Å²) >= 11 is 0. The molecule has 2 aromatic rings. The van der Waals surface area contributed by atoms with E-state index in [-0.39, 0.29) is 24.5 Å². The maximum atomic E-state index is 11.8. The van der Waals surface area contributed by atoms with Crippen LogP contribution in [0.2, 0.25) is 0 Å². The van der Waals surface area contributed by atoms with Crippen LogP contribution in [0, 0.1) is 6.92 Å². The van der Waals surface area contributed by atoms with Gasteiger partial charge in [0.1, 0.15) is 0 Å². The zero-order valence-corrected chi connectivity index (χ0v) is 16.5. The molecule has 2 N–H and O–H groups in total. The zero-order chi connectivity index (χ0) is 18.4. The summed E-state index contributed by atoms with van der Waals surface area (Å²) in [5, 5.41) is 4.35. The number of aryl methyl sites for hydroxylation is 2. The van der Waals surface area contributed by atoms with Crippen LogP contribution in [-0.4, -0.2) is 47.1 Å². The Bertz CT molecular complexity index is 733. The third-order valence-electron chi connectivity index (χ3n) is 4.00. The van der Waals surface area contributed by atoms with Gasteiger partial charge in [0, 0.05) is 37.2 Å². The van der Waals surface area contributed by atoms with E-state index in [1.165, 1.54) is 7.11 Å². The van der Waals surface area contributed by atoms with E-state index < -0.39 is 0 Å². The molecule has 0 bridgehead atoms. The first kappa shape index (κ1) is 22.1. The molecule has 1 atom stereocenters. The molecule has 26 heavy (non-hydrogen) atoms. The maximum absolute atomic E-state index is 11.8. The lowest BCUT2D eigenvalue weighted by molar-refractivity contribution is 0.0600. The van der Waals surface area contributed by atoms with Crippen LogP contribution in [0.1, 0.15) is 35.1 Å². The van der Waals surface area contributed by atoms with Gasteiger partial charge in [-0.2, -0.15) is 5.10 Å². The second kappa shape index (κ2) is 10.3. The normalized spacial score (nSPS) is 11.7. The van der Waals surface area contributed by atoms with E-state index in [9.17, 15) is 4.79 Å². The van der Waals surface area contributed by atoms with E-state index in [4.69, 9.17) is 15.2 Å². The third kappa shape index (κ3) is 5.52. The number of carbonyl (C=O) groups is 1. The Morgan fingerprint density at radius 1 is 1.38 bits per heavy atom. The van der Waals surface area contributed by atoms with Crippen molar-refractivity contribution in [2.45, 2.75) is 32.8 Å². The highest BCUT2D eigenvalue weighted by atomic mass is 35.5. The van der Waals surface area contributed by atoms with Gasteiger partial charge in [0.2, 0.25) is 0 Å². The Kier molecular flexibility index (Phi) is 8.71. The van der Waals surface area contributed by atoms with Crippen LogP contribution < -0.4 is 5.73 Å². The number of hydrogen-bond donors (Lipinski definition) is 1. The number of nitrogens with zero attached hydrogens (tertiary/aromatic N) is 3. The van der Waals surface area contributed by atoms with Crippen molar-refractivity contribution in [2.75, 3.05) is 20.3 Å². The van der Waals surface area contributed by atoms with Gasteiger partial charge in [-0.25, -0.2) is 4.79 Å². The lowest BCUT2D eigenvalue weighted by atomic mass is 10.1. The first-order chi connectivity index (χ1) is 12.0. The molecule has 0 aliphatic carbocycles. The predicted octanol–water partition coefficient (Wildman–Crippen LogP) is 2.30. The van der Waals surface area contributed by atoms with Crippen LogP contribution >= 0.6 is 12.4 Å². The average molecular weight is 383 g/mol. The van der Waals surface area contributed by atoms with Gasteiger partial charge in [-0.3, -0.25) is 9.67 Å². The molecular weight excluding hydrogens is 356 g/mol. The van der Waals surface area contributed by atoms with Gasteiger partial charge in [-0.15, -0.1) is 12.4 Å². The van der Waals surface area contributed by atoms with Crippen LogP contribution in [-0.2, 0) is 22.9 Å². The molecule has 0 radical (unpaired) electrons. The molecule has 2 heterocycles. The van der Waals surface area contributed by atoms with E-state index in [1.807, 2.05) is 25.6 Å². The molecule has 0 saturated carbocycles. The summed E-state index contributed by atoms with van der Waals surface area (Å²) in [5.74, 6) is -0.374. The maximum Gasteiger partial charge on any atom is 0.337 e. The Morgan fingerprint density at radius 3 is 2.77 bits per heavy atom. The summed E-state index contributed by atoms with van der Waals surface area (Å²) in [6.07, 6.45) is 3.49. The third-order valence-corrected chi connectivity index (χ3v) is 4.00. The van der Waals surface area contributed by atoms with Gasteiger partial charge in [0.25, 0.3) is 0 Å². The number of methoxy groups -OCH3 is 1. The lowest BCUT2D eigenvalue weighted by Gasteiger charge is -2.11. The summed E-state index contributed by atoms with van der Waals surface area (Å²) in [6, 6.07) is 3.46. The molecule has 0 aliphatic rings. The van der Waals surface area contributed by atoms with Gasteiger partial charge < -0.3 is 15.2 Å². The van der Waals surface area contributed by atoms with Crippen LogP contribution in [0.4, 0.5) is 0 Å². The zero-order valence-electron chi connectivity index (χ0n) is 15.7. The molecule has 144 valence electrons. The summed E-state index contributed by atoms with van der Waals surface area (Å²) < 4.78 is 12.3. The van der Waals surface area contributed by atoms with E-state index in [1.54, 1.807) is 18.3 Å². The molecule has 0 amide bonds. The van der Waals surface area contributed by atoms with E-state index in [0.717, 1.165) is 35.5 Å². The molecule has 0 fully saturated rings. The minimum atomic E-state index is -0.374. The Hall–Kier alpha value is -1.96. The topological polar surface area (TPSA) is 92.3 Å². The number of hydrogen-bond acceptors (Lipinski definition) is 6. The largest absolute Gasteiger partial charge is 0.465 e. The monoisotopic (exact) mass is 382 g/mol. The fourth-order valence-electron chi connectivity index (χ4n) is 2.61. The second-order valence-electron chi connectivity index (χ2n) is 6.02. The van der Waals surface area contributed by atoms with Gasteiger partial charge >= 0.3 is 5.97 Å². The molecule has 0 aliphatic heterocycles. The number of aromatic nitrogens is 3. The minimum Gasteiger partial charge on any atom is -0.465 e. The number of carbonyl (C=O) groups excluding carboxylic acids is 1. The Morgan fingerprint density at radius 2 is 2.12 bits per heavy atom. The summed E-state index contributed by atoms with van der Waals surface area (Å²) in [4.78, 5) is 16.4. The van der Waals surface area contributed by atoms with Crippen molar-refractivity contribution in [3.8, 4) is 11.3 Å². The SMILES string of the molecule is COC(=O)c1cc(C)nc(-c2cnn(C)c2CCCO[C@@H](C)CN)c1.Cl. The summed E-state index contributed by atoms with van der Waals surface area (Å²) in [7, 11) is 3.27. The number of nitrogens with two attached hydrogens (primary N) is 1. The van der Waals surface area contributed by atoms with E-state index in [0.29, 0.717) is 18.7 Å². The van der Waals surface area contributed by atoms with E-state index in [2.05, 4.69) is 10.1 Å². The van der Waals surface area contributed by atoms with Crippen LogP contribution in [0.3, 0.4) is 0 Å². The minimum absolute atomic E-state index is 0. The lowest BCUT2D eigenvalue weighted by Crippen LogP contribution is -2.20. The van der Waals surface area contributed by atoms with Crippen LogP contribution in [0.5, 0.6) is 0 Å². The van der Waals surface area contributed by atoms with Crippen molar-refractivity contribution in [3.63, 3.8) is 0 Å². The van der Waals surface area contributed by atoms with Crippen molar-refractivity contribution in [1.82, 2.24) is 14.8 Å². The smallest absolute Gasteiger partial charge is 0.337 e. The second-order valence-corrected chi connectivity index (χ2v) is 6.02. The summed E-state index contributed by atoms with van der Waals surface area (Å²) in [6.45, 7) is 4.96. The molecule has 0 aromatic carbocycles. The molecule has 0 unspecified atom stereocenters. The number of esters is 1. The molecule has 7 nitrogen and oxygen atoms in total. The van der Waals surface area contributed by atoms with Crippen LogP contribution in [0.15, 0.2) is 18.3 Å². The first-order valence-electron chi connectivity index (χ1n) is 8.36. The fraction of sp³-hybridized carbons (Fsp3) is 0.500. The Balaban J connectivity index is 0.00000338. The van der Waals surface area contributed by atoms with Crippen molar-refractivity contribution in [3.05, 3.63) is 35.3 Å². The average Bonchev–Trinajstić information content (AvgIpc) is 2.97. The van der Waals surface area contributed by atoms with Crippen molar-refractivity contribution in [2.24, 2.45) is 12.8 Å². The number of ether oxygens (including phenoxy) is 2. The highest BCUT2D eigenvalue weighted by molar-refractivity contribution is 5.90. The number of halogens is 1. The quantitative estimate of drug-likeness (QED) is 0.556. The van der Waals surface area contributed by atoms with Gasteiger partial charge in [0.05, 0.1) is 30.7 Å². The van der Waals surface area contributed by atoms with E-state index >= 15 is 0 Å². The summed E-state index contributed by atoms with van der Waals surface area (Å²) in [5.41, 5.74) is 9.49. The highest BCUT2D eigenvalue weighted by Gasteiger charge is 2.15. The first-order valence-corrected chi connectivity index (χ1v) is 8.36. The molecule has 8 heteroatoms. The number of rotatable bonds is 8. The van der Waals surface area contributed by atoms with Gasteiger partial charge in [-0.05, 0) is 38.8 Å². The molecule has 0 spiro atoms. The molecular formula is C18H27ClN4O3. The standard InChI is InChI=1S/C18H26N4O3.ClH/c1-12-8-14(18(23)24-4)9-16(21-12)15-11-20-22(3)17(15)6-5-7-25-13(2)10-19;/h8-9,11,13H,5-7,10,19H2,1-4H3;1H/t13-;/m0./s1. The highest BCUT2D eigenvalue weighted by Crippen LogP contribution is 2.24. The molecule has 2 aromatic heterocycles. The Labute approximate surface area is 160 Å². The predicted molar refractivity (Wildman–Crippen MR) is 103 cm³/mol. The molecule has 2 rings (SSSR count). The fourth-order valence-corrected chi connectivity index (χ4v) is 2.61. The van der Waals surface area contributed by atoms with Crippen molar-refractivity contribution >= 4 is 18.4 Å². The van der Waals surface area contributed by atoms with Gasteiger partial charge in [0.15, 0.2) is 0 Å². The van der Waals surface area contributed by atoms with Crippen molar-refractivity contribution < 1.29 is 14.3 Å². The molecule has 0 saturated heterocycles. The van der Waals surface area contributed by atoms with Crippen LogP contribution in [0.25, 0.3) is 11.3 Å².